The monoisotopic (exact) mass is 274 g/mol. The van der Waals surface area contributed by atoms with E-state index in [1.165, 1.54) is 50.1 Å². The Morgan fingerprint density at radius 2 is 1.95 bits per heavy atom. The topological polar surface area (TPSA) is 15.3 Å². The number of hydrogen-bond donors (Lipinski definition) is 1. The van der Waals surface area contributed by atoms with Crippen molar-refractivity contribution in [2.45, 2.75) is 40.0 Å². The fourth-order valence-corrected chi connectivity index (χ4v) is 3.25. The average Bonchev–Trinajstić information content (AvgIpc) is 2.51. The Hall–Kier alpha value is -1.02. The summed E-state index contributed by atoms with van der Waals surface area (Å²) in [4.78, 5) is 2.65. The minimum Gasteiger partial charge on any atom is -0.384 e. The zero-order valence-corrected chi connectivity index (χ0v) is 13.4. The number of nitrogens with zero attached hydrogens (tertiary/aromatic N) is 1. The maximum atomic E-state index is 3.60. The molecule has 0 saturated carbocycles. The molecular weight excluding hydrogens is 244 g/mol. The molecule has 1 aromatic carbocycles. The Morgan fingerprint density at radius 1 is 1.20 bits per heavy atom. The minimum absolute atomic E-state index is 0.749. The quantitative estimate of drug-likeness (QED) is 0.807. The Bertz CT molecular complexity index is 398. The molecule has 0 aliphatic carbocycles. The van der Waals surface area contributed by atoms with E-state index in [0.717, 1.165) is 18.4 Å². The maximum Gasteiger partial charge on any atom is 0.0372 e. The lowest BCUT2D eigenvalue weighted by Gasteiger charge is -2.32. The molecule has 2 nitrogen and oxygen atoms in total. The Kier molecular flexibility index (Phi) is 5.90. The summed E-state index contributed by atoms with van der Waals surface area (Å²) in [6.45, 7) is 11.7. The molecule has 0 amide bonds. The Labute approximate surface area is 124 Å². The van der Waals surface area contributed by atoms with E-state index in [9.17, 15) is 0 Å². The lowest BCUT2D eigenvalue weighted by atomic mass is 9.93. The second-order valence-electron chi connectivity index (χ2n) is 6.14. The molecule has 1 N–H and O–H groups in total. The molecule has 2 heteroatoms. The van der Waals surface area contributed by atoms with E-state index >= 15 is 0 Å². The lowest BCUT2D eigenvalue weighted by molar-refractivity contribution is 0.202. The van der Waals surface area contributed by atoms with Crippen LogP contribution in [-0.4, -0.2) is 31.1 Å². The van der Waals surface area contributed by atoms with Crippen LogP contribution in [0.3, 0.4) is 0 Å². The molecule has 1 heterocycles. The molecule has 0 fully saturated rings. The molecular formula is C18H30N2. The van der Waals surface area contributed by atoms with Gasteiger partial charge in [0.15, 0.2) is 0 Å². The molecule has 1 atom stereocenters. The van der Waals surface area contributed by atoms with Gasteiger partial charge in [-0.25, -0.2) is 0 Å². The summed E-state index contributed by atoms with van der Waals surface area (Å²) in [6.07, 6.45) is 3.83. The fraction of sp³-hybridized carbons (Fsp3) is 0.667. The van der Waals surface area contributed by atoms with E-state index in [4.69, 9.17) is 0 Å². The van der Waals surface area contributed by atoms with E-state index in [1.807, 2.05) is 0 Å². The summed E-state index contributed by atoms with van der Waals surface area (Å²) < 4.78 is 0. The van der Waals surface area contributed by atoms with Gasteiger partial charge in [-0.3, -0.25) is 0 Å². The summed E-state index contributed by atoms with van der Waals surface area (Å²) in [5.41, 5.74) is 2.83. The molecule has 112 valence electrons. The molecule has 0 bridgehead atoms. The van der Waals surface area contributed by atoms with Crippen molar-refractivity contribution < 1.29 is 0 Å². The van der Waals surface area contributed by atoms with Gasteiger partial charge in [0.25, 0.3) is 0 Å². The minimum atomic E-state index is 0.749. The van der Waals surface area contributed by atoms with Crippen LogP contribution in [0.4, 0.5) is 5.69 Å². The first-order valence-electron chi connectivity index (χ1n) is 8.30. The standard InChI is InChI=1S/C18H30N2/c1-4-15(5-2)13-20(6-3)14-16-11-17-9-7-8-10-18(17)19-12-16/h7-10,15-16,19H,4-6,11-14H2,1-3H3. The van der Waals surface area contributed by atoms with Crippen LogP contribution in [0.2, 0.25) is 0 Å². The van der Waals surface area contributed by atoms with Crippen molar-refractivity contribution in [3.63, 3.8) is 0 Å². The van der Waals surface area contributed by atoms with Crippen molar-refractivity contribution in [2.24, 2.45) is 11.8 Å². The third-order valence-corrected chi connectivity index (χ3v) is 4.74. The van der Waals surface area contributed by atoms with E-state index in [0.29, 0.717) is 0 Å². The molecule has 2 rings (SSSR count). The van der Waals surface area contributed by atoms with E-state index < -0.39 is 0 Å². The van der Waals surface area contributed by atoms with E-state index in [1.54, 1.807) is 0 Å². The molecule has 0 spiro atoms. The third-order valence-electron chi connectivity index (χ3n) is 4.74. The summed E-state index contributed by atoms with van der Waals surface area (Å²) in [5, 5.41) is 3.60. The zero-order chi connectivity index (χ0) is 14.4. The largest absolute Gasteiger partial charge is 0.384 e. The van der Waals surface area contributed by atoms with Gasteiger partial charge >= 0.3 is 0 Å². The van der Waals surface area contributed by atoms with Gasteiger partial charge in [-0.05, 0) is 36.4 Å². The predicted molar refractivity (Wildman–Crippen MR) is 88.3 cm³/mol. The van der Waals surface area contributed by atoms with E-state index in [2.05, 4.69) is 55.3 Å². The Balaban J connectivity index is 1.89. The highest BCUT2D eigenvalue weighted by Gasteiger charge is 2.20. The number of hydrogen-bond acceptors (Lipinski definition) is 2. The normalized spacial score (nSPS) is 18.1. The molecule has 1 aromatic rings. The number of benzene rings is 1. The van der Waals surface area contributed by atoms with Crippen molar-refractivity contribution in [1.29, 1.82) is 0 Å². The third kappa shape index (κ3) is 3.99. The molecule has 0 saturated heterocycles. The van der Waals surface area contributed by atoms with Crippen molar-refractivity contribution in [2.75, 3.05) is 31.5 Å². The second-order valence-corrected chi connectivity index (χ2v) is 6.14. The van der Waals surface area contributed by atoms with Gasteiger partial charge in [-0.2, -0.15) is 0 Å². The molecule has 1 unspecified atom stereocenters. The van der Waals surface area contributed by atoms with Crippen molar-refractivity contribution >= 4 is 5.69 Å². The lowest BCUT2D eigenvalue weighted by Crippen LogP contribution is -2.38. The van der Waals surface area contributed by atoms with Crippen LogP contribution in [0.5, 0.6) is 0 Å². The maximum absolute atomic E-state index is 3.60. The number of anilines is 1. The highest BCUT2D eigenvalue weighted by Crippen LogP contribution is 2.25. The van der Waals surface area contributed by atoms with E-state index in [-0.39, 0.29) is 0 Å². The van der Waals surface area contributed by atoms with Crippen LogP contribution >= 0.6 is 0 Å². The SMILES string of the molecule is CCC(CC)CN(CC)CC1CNc2ccccc2C1. The zero-order valence-electron chi connectivity index (χ0n) is 13.4. The fourth-order valence-electron chi connectivity index (χ4n) is 3.25. The molecule has 20 heavy (non-hydrogen) atoms. The number of fused-ring (bicyclic) bond motifs is 1. The highest BCUT2D eigenvalue weighted by molar-refractivity contribution is 5.53. The molecule has 0 radical (unpaired) electrons. The van der Waals surface area contributed by atoms with Gasteiger partial charge in [0.2, 0.25) is 0 Å². The average molecular weight is 274 g/mol. The summed E-state index contributed by atoms with van der Waals surface area (Å²) in [5.74, 6) is 1.61. The Morgan fingerprint density at radius 3 is 2.65 bits per heavy atom. The highest BCUT2D eigenvalue weighted by atomic mass is 15.1. The smallest absolute Gasteiger partial charge is 0.0372 e. The van der Waals surface area contributed by atoms with Crippen LogP contribution < -0.4 is 5.32 Å². The number of nitrogens with one attached hydrogen (secondary N) is 1. The molecule has 1 aliphatic heterocycles. The van der Waals surface area contributed by atoms with Crippen LogP contribution in [0, 0.1) is 11.8 Å². The van der Waals surface area contributed by atoms with Crippen molar-refractivity contribution in [3.05, 3.63) is 29.8 Å². The molecule has 0 aromatic heterocycles. The summed E-state index contributed by atoms with van der Waals surface area (Å²) in [6, 6.07) is 8.75. The van der Waals surface area contributed by atoms with Gasteiger partial charge in [0, 0.05) is 25.3 Å². The van der Waals surface area contributed by atoms with Crippen LogP contribution in [0.1, 0.15) is 39.2 Å². The molecule has 1 aliphatic rings. The van der Waals surface area contributed by atoms with Crippen molar-refractivity contribution in [3.8, 4) is 0 Å². The van der Waals surface area contributed by atoms with Crippen LogP contribution in [0.25, 0.3) is 0 Å². The second kappa shape index (κ2) is 7.68. The first kappa shape index (κ1) is 15.4. The van der Waals surface area contributed by atoms with Crippen molar-refractivity contribution in [1.82, 2.24) is 4.90 Å². The first-order valence-corrected chi connectivity index (χ1v) is 8.30. The predicted octanol–water partition coefficient (Wildman–Crippen LogP) is 4.03. The number of rotatable bonds is 7. The van der Waals surface area contributed by atoms with Gasteiger partial charge < -0.3 is 10.2 Å². The van der Waals surface area contributed by atoms with Crippen LogP contribution in [0.15, 0.2) is 24.3 Å². The van der Waals surface area contributed by atoms with Crippen LogP contribution in [-0.2, 0) is 6.42 Å². The van der Waals surface area contributed by atoms with Gasteiger partial charge in [-0.1, -0.05) is 51.8 Å². The first-order chi connectivity index (χ1) is 9.76. The van der Waals surface area contributed by atoms with Gasteiger partial charge in [0.1, 0.15) is 0 Å². The number of para-hydroxylation sites is 1. The van der Waals surface area contributed by atoms with Gasteiger partial charge in [-0.15, -0.1) is 0 Å². The summed E-state index contributed by atoms with van der Waals surface area (Å²) in [7, 11) is 0. The summed E-state index contributed by atoms with van der Waals surface area (Å²) >= 11 is 0. The van der Waals surface area contributed by atoms with Gasteiger partial charge in [0.05, 0.1) is 0 Å².